The van der Waals surface area contributed by atoms with Crippen LogP contribution in [0.4, 0.5) is 0 Å². The largest absolute Gasteiger partial charge is 0.351 e. The van der Waals surface area contributed by atoms with Crippen molar-refractivity contribution in [3.8, 4) is 16.5 Å². The molecule has 0 fully saturated rings. The molecule has 0 atom stereocenters. The number of pyridine rings is 1. The van der Waals surface area contributed by atoms with Crippen molar-refractivity contribution in [2.75, 3.05) is 6.54 Å². The van der Waals surface area contributed by atoms with Gasteiger partial charge in [-0.25, -0.2) is 0 Å². The summed E-state index contributed by atoms with van der Waals surface area (Å²) in [4.78, 5) is 22.3. The van der Waals surface area contributed by atoms with E-state index in [1.54, 1.807) is 12.3 Å². The van der Waals surface area contributed by atoms with E-state index in [9.17, 15) is 4.79 Å². The van der Waals surface area contributed by atoms with Crippen LogP contribution in [0.1, 0.15) is 26.7 Å². The van der Waals surface area contributed by atoms with E-state index in [2.05, 4.69) is 36.0 Å². The first-order valence-electron chi connectivity index (χ1n) is 8.49. The average molecular weight is 396 g/mol. The number of nitrogens with zero attached hydrogens (tertiary/aromatic N) is 7. The molecule has 0 saturated heterocycles. The molecule has 1 N–H and O–H groups in total. The molecule has 0 aromatic carbocycles. The molecule has 10 nitrogen and oxygen atoms in total. The summed E-state index contributed by atoms with van der Waals surface area (Å²) in [5.41, 5.74) is 2.11. The molecule has 0 radical (unpaired) electrons. The average Bonchev–Trinajstić information content (AvgIpc) is 3.44. The van der Waals surface area contributed by atoms with E-state index in [-0.39, 0.29) is 5.91 Å². The smallest absolute Gasteiger partial charge is 0.254 e. The Kier molecular flexibility index (Phi) is 4.89. The first kappa shape index (κ1) is 17.9. The maximum Gasteiger partial charge on any atom is 0.254 e. The summed E-state index contributed by atoms with van der Waals surface area (Å²) in [7, 11) is 0. The summed E-state index contributed by atoms with van der Waals surface area (Å²) in [6, 6.07) is 5.47. The van der Waals surface area contributed by atoms with Gasteiger partial charge in [-0.05, 0) is 42.0 Å². The highest BCUT2D eigenvalue weighted by atomic mass is 32.1. The normalized spacial score (nSPS) is 10.9. The third-order valence-corrected chi connectivity index (χ3v) is 5.33. The standard InChI is InChI=1S/C17H16N8O2S/c1-10-11(2)28-17(25-9-20-23-24-25)14(10)16(26)19-8-6-13-21-15(22-27-13)12-5-3-4-7-18-12/h3-5,7,9H,6,8H2,1-2H3,(H,19,26). The highest BCUT2D eigenvalue weighted by molar-refractivity contribution is 7.15. The first-order valence-corrected chi connectivity index (χ1v) is 9.30. The minimum atomic E-state index is -0.197. The van der Waals surface area contributed by atoms with Crippen LogP contribution in [0.25, 0.3) is 16.5 Å². The van der Waals surface area contributed by atoms with Gasteiger partial charge in [0.15, 0.2) is 0 Å². The fraction of sp³-hybridized carbons (Fsp3) is 0.235. The van der Waals surface area contributed by atoms with Crippen molar-refractivity contribution in [3.63, 3.8) is 0 Å². The van der Waals surface area contributed by atoms with E-state index < -0.39 is 0 Å². The van der Waals surface area contributed by atoms with Gasteiger partial charge < -0.3 is 9.84 Å². The molecule has 4 aromatic rings. The Balaban J connectivity index is 1.43. The Morgan fingerprint density at radius 2 is 2.21 bits per heavy atom. The van der Waals surface area contributed by atoms with Gasteiger partial charge in [-0.3, -0.25) is 9.78 Å². The second kappa shape index (κ2) is 7.64. The molecular formula is C17H16N8O2S. The molecule has 0 aliphatic rings. The minimum absolute atomic E-state index is 0.197. The van der Waals surface area contributed by atoms with E-state index in [1.807, 2.05) is 26.0 Å². The molecule has 4 rings (SSSR count). The van der Waals surface area contributed by atoms with Crippen molar-refractivity contribution in [2.45, 2.75) is 20.3 Å². The molecule has 0 aliphatic carbocycles. The fourth-order valence-corrected chi connectivity index (χ4v) is 3.69. The zero-order valence-electron chi connectivity index (χ0n) is 15.2. The number of hydrogen-bond donors (Lipinski definition) is 1. The SMILES string of the molecule is Cc1sc(-n2cnnn2)c(C(=O)NCCc2nc(-c3ccccn3)no2)c1C. The molecule has 0 unspecified atom stereocenters. The van der Waals surface area contributed by atoms with Crippen LogP contribution in [0.3, 0.4) is 0 Å². The van der Waals surface area contributed by atoms with Gasteiger partial charge in [0.1, 0.15) is 17.0 Å². The van der Waals surface area contributed by atoms with Crippen LogP contribution in [-0.2, 0) is 6.42 Å². The van der Waals surface area contributed by atoms with Crippen LogP contribution in [0.5, 0.6) is 0 Å². The van der Waals surface area contributed by atoms with Crippen molar-refractivity contribution in [3.05, 3.63) is 52.6 Å². The predicted octanol–water partition coefficient (Wildman–Crippen LogP) is 1.76. The van der Waals surface area contributed by atoms with Crippen LogP contribution in [0, 0.1) is 13.8 Å². The zero-order chi connectivity index (χ0) is 19.5. The van der Waals surface area contributed by atoms with E-state index in [0.29, 0.717) is 40.9 Å². The summed E-state index contributed by atoms with van der Waals surface area (Å²) in [6.07, 6.45) is 3.55. The van der Waals surface area contributed by atoms with Crippen molar-refractivity contribution in [1.82, 2.24) is 40.6 Å². The number of aryl methyl sites for hydroxylation is 1. The highest BCUT2D eigenvalue weighted by Crippen LogP contribution is 2.30. The Morgan fingerprint density at radius 1 is 1.32 bits per heavy atom. The Morgan fingerprint density at radius 3 is 2.96 bits per heavy atom. The summed E-state index contributed by atoms with van der Waals surface area (Å²) in [5, 5.41) is 18.7. The van der Waals surface area contributed by atoms with Crippen LogP contribution in [0.15, 0.2) is 35.2 Å². The van der Waals surface area contributed by atoms with Crippen LogP contribution in [0.2, 0.25) is 0 Å². The second-order valence-electron chi connectivity index (χ2n) is 5.95. The predicted molar refractivity (Wildman–Crippen MR) is 100 cm³/mol. The van der Waals surface area contributed by atoms with Crippen molar-refractivity contribution in [2.24, 2.45) is 0 Å². The van der Waals surface area contributed by atoms with E-state index in [0.717, 1.165) is 10.4 Å². The lowest BCUT2D eigenvalue weighted by Crippen LogP contribution is -2.27. The zero-order valence-corrected chi connectivity index (χ0v) is 16.0. The minimum Gasteiger partial charge on any atom is -0.351 e. The van der Waals surface area contributed by atoms with Crippen LogP contribution in [-0.4, -0.2) is 47.8 Å². The molecule has 28 heavy (non-hydrogen) atoms. The van der Waals surface area contributed by atoms with Crippen LogP contribution >= 0.6 is 11.3 Å². The third-order valence-electron chi connectivity index (χ3n) is 4.14. The number of aromatic nitrogens is 7. The van der Waals surface area contributed by atoms with Gasteiger partial charge >= 0.3 is 0 Å². The van der Waals surface area contributed by atoms with Gasteiger partial charge in [0.05, 0.1) is 5.56 Å². The third kappa shape index (κ3) is 3.51. The van der Waals surface area contributed by atoms with Gasteiger partial charge in [0.25, 0.3) is 5.91 Å². The Bertz CT molecular complexity index is 1090. The van der Waals surface area contributed by atoms with Crippen LogP contribution < -0.4 is 5.32 Å². The molecule has 4 aromatic heterocycles. The molecule has 0 saturated carbocycles. The van der Waals surface area contributed by atoms with E-state index in [1.165, 1.54) is 22.3 Å². The number of rotatable bonds is 6. The first-order chi connectivity index (χ1) is 13.6. The van der Waals surface area contributed by atoms with Gasteiger partial charge in [-0.15, -0.1) is 16.4 Å². The number of nitrogens with one attached hydrogen (secondary N) is 1. The molecule has 4 heterocycles. The molecule has 0 aliphatic heterocycles. The quantitative estimate of drug-likeness (QED) is 0.523. The van der Waals surface area contributed by atoms with Crippen molar-refractivity contribution >= 4 is 17.2 Å². The molecular weight excluding hydrogens is 380 g/mol. The summed E-state index contributed by atoms with van der Waals surface area (Å²) >= 11 is 1.47. The van der Waals surface area contributed by atoms with E-state index >= 15 is 0 Å². The molecule has 11 heteroatoms. The lowest BCUT2D eigenvalue weighted by molar-refractivity contribution is 0.0953. The van der Waals surface area contributed by atoms with Gasteiger partial charge in [0.2, 0.25) is 11.7 Å². The molecule has 0 spiro atoms. The Labute approximate surface area is 163 Å². The number of carbonyl (C=O) groups excluding carboxylic acids is 1. The lowest BCUT2D eigenvalue weighted by Gasteiger charge is -2.06. The summed E-state index contributed by atoms with van der Waals surface area (Å²) in [6.45, 7) is 4.22. The Hall–Kier alpha value is -3.47. The molecule has 142 valence electrons. The van der Waals surface area contributed by atoms with Gasteiger partial charge in [-0.1, -0.05) is 11.2 Å². The maximum absolute atomic E-state index is 12.7. The van der Waals surface area contributed by atoms with Crippen molar-refractivity contribution in [1.29, 1.82) is 0 Å². The van der Waals surface area contributed by atoms with E-state index in [4.69, 9.17) is 4.52 Å². The topological polar surface area (TPSA) is 125 Å². The summed E-state index contributed by atoms with van der Waals surface area (Å²) < 4.78 is 6.73. The highest BCUT2D eigenvalue weighted by Gasteiger charge is 2.21. The summed E-state index contributed by atoms with van der Waals surface area (Å²) in [5.74, 6) is 0.656. The van der Waals surface area contributed by atoms with Gasteiger partial charge in [-0.2, -0.15) is 9.67 Å². The van der Waals surface area contributed by atoms with Gasteiger partial charge in [0, 0.05) is 24.0 Å². The number of hydrogen-bond acceptors (Lipinski definition) is 9. The number of tetrazole rings is 1. The maximum atomic E-state index is 12.7. The second-order valence-corrected chi connectivity index (χ2v) is 7.15. The number of carbonyl (C=O) groups is 1. The molecule has 0 bridgehead atoms. The number of thiophene rings is 1. The molecule has 1 amide bonds. The number of amides is 1. The fourth-order valence-electron chi connectivity index (χ4n) is 2.62. The van der Waals surface area contributed by atoms with Crippen molar-refractivity contribution < 1.29 is 9.32 Å². The monoisotopic (exact) mass is 396 g/mol. The lowest BCUT2D eigenvalue weighted by atomic mass is 10.1.